The minimum Gasteiger partial charge on any atom is -2.00 e. The fourth-order valence-electron chi connectivity index (χ4n) is 0. The van der Waals surface area contributed by atoms with Crippen LogP contribution in [0.5, 0.6) is 0 Å². The van der Waals surface area contributed by atoms with Crippen molar-refractivity contribution < 1.29 is 42.0 Å². The summed E-state index contributed by atoms with van der Waals surface area (Å²) in [4.78, 5) is 0. The molecule has 0 aliphatic carbocycles. The van der Waals surface area contributed by atoms with Gasteiger partial charge in [0.25, 0.3) is 0 Å². The van der Waals surface area contributed by atoms with Crippen LogP contribution in [0.2, 0.25) is 0 Å². The molecule has 0 heterocycles. The van der Waals surface area contributed by atoms with Crippen molar-refractivity contribution >= 4 is 17.6 Å². The van der Waals surface area contributed by atoms with Gasteiger partial charge in [-0.1, -0.05) is 0 Å². The Bertz CT molecular complexity index is 7.51. The van der Waals surface area contributed by atoms with Crippen molar-refractivity contribution in [1.29, 1.82) is 0 Å². The summed E-state index contributed by atoms with van der Waals surface area (Å²) in [6.45, 7) is 0. The third kappa shape index (κ3) is 76.8. The summed E-state index contributed by atoms with van der Waals surface area (Å²) in [6.07, 6.45) is 0. The van der Waals surface area contributed by atoms with Crippen molar-refractivity contribution in [3.8, 4) is 0 Å². The summed E-state index contributed by atoms with van der Waals surface area (Å²) in [6, 6.07) is 0. The van der Waals surface area contributed by atoms with Gasteiger partial charge < -0.3 is 21.9 Å². The molecule has 0 N–H and O–H groups in total. The first-order chi connectivity index (χ1) is 0. The van der Waals surface area contributed by atoms with Crippen molar-refractivity contribution in [2.45, 2.75) is 0 Å². The van der Waals surface area contributed by atoms with Crippen LogP contribution in [0.1, 0.15) is 0 Å². The van der Waals surface area contributed by atoms with E-state index in [2.05, 4.69) is 0 Å². The van der Waals surface area contributed by atoms with Gasteiger partial charge in [0, 0.05) is 0 Å². The van der Waals surface area contributed by atoms with E-state index in [1.54, 1.807) is 0 Å². The van der Waals surface area contributed by atoms with Gasteiger partial charge in [-0.3, -0.25) is 0 Å². The number of hydrogen-bond acceptors (Lipinski definition) is 0. The van der Waals surface area contributed by atoms with Crippen LogP contribution in [-0.4, -0.2) is 17.6 Å². The minimum atomic E-state index is 0. The van der Waals surface area contributed by atoms with Gasteiger partial charge in [0.2, 0.25) is 0 Å². The average Bonchev–Trinajstić information content (AvgIpc) is 0. The van der Waals surface area contributed by atoms with Crippen LogP contribution in [0, 0.1) is 0 Å². The van der Waals surface area contributed by atoms with Gasteiger partial charge in [-0.2, -0.15) is 0 Å². The molecule has 0 aliphatic heterocycles. The SMILES string of the molecule is [Ge+4].[Ir+4].[O-2].[O-2].[O-2].[O-2]. The van der Waals surface area contributed by atoms with Gasteiger partial charge >= 0.3 is 37.7 Å². The van der Waals surface area contributed by atoms with Gasteiger partial charge in [0.05, 0.1) is 0 Å². The molecule has 0 rings (SSSR count). The second-order valence-corrected chi connectivity index (χ2v) is 0. The van der Waals surface area contributed by atoms with Crippen LogP contribution >= 0.6 is 0 Å². The number of hydrogen-bond donors (Lipinski definition) is 0. The molecule has 0 bridgehead atoms. The maximum Gasteiger partial charge on any atom is 4.00 e. The van der Waals surface area contributed by atoms with Gasteiger partial charge in [0.15, 0.2) is 0 Å². The molecule has 0 amide bonds. The molecule has 0 fully saturated rings. The van der Waals surface area contributed by atoms with Crippen molar-refractivity contribution in [1.82, 2.24) is 0 Å². The van der Waals surface area contributed by atoms with E-state index in [1.807, 2.05) is 0 Å². The average molecular weight is 329 g/mol. The molecule has 0 atom stereocenters. The summed E-state index contributed by atoms with van der Waals surface area (Å²) in [5, 5.41) is 0. The van der Waals surface area contributed by atoms with Crippen LogP contribution < -0.4 is 0 Å². The zero-order chi connectivity index (χ0) is 0. The molecule has 0 aliphatic rings. The van der Waals surface area contributed by atoms with Crippen molar-refractivity contribution in [3.63, 3.8) is 0 Å². The normalized spacial score (nSPS) is 0. The van der Waals surface area contributed by atoms with E-state index in [0.29, 0.717) is 0 Å². The van der Waals surface area contributed by atoms with E-state index in [0.717, 1.165) is 0 Å². The van der Waals surface area contributed by atoms with E-state index in [-0.39, 0.29) is 59.6 Å². The Morgan fingerprint density at radius 3 is 0.500 bits per heavy atom. The molecular weight excluding hydrogens is 329 g/mol. The molecule has 1 radical (unpaired) electrons. The van der Waals surface area contributed by atoms with Crippen LogP contribution in [0.3, 0.4) is 0 Å². The van der Waals surface area contributed by atoms with Crippen molar-refractivity contribution in [2.75, 3.05) is 0 Å². The quantitative estimate of drug-likeness (QED) is 0.515. The maximum atomic E-state index is 0. The van der Waals surface area contributed by atoms with Crippen molar-refractivity contribution in [2.24, 2.45) is 0 Å². The largest absolute Gasteiger partial charge is 4.00 e. The Balaban J connectivity index is 0. The predicted octanol–water partition coefficient (Wildman–Crippen LogP) is -0.859. The fourth-order valence-corrected chi connectivity index (χ4v) is 0. The minimum absolute atomic E-state index is 0. The summed E-state index contributed by atoms with van der Waals surface area (Å²) in [5.74, 6) is 0. The predicted molar refractivity (Wildman–Crippen MR) is 8.50 cm³/mol. The third-order valence-electron chi connectivity index (χ3n) is 0. The second kappa shape index (κ2) is 143. The Hall–Kier alpha value is 1.03. The van der Waals surface area contributed by atoms with Gasteiger partial charge in [0.1, 0.15) is 0 Å². The van der Waals surface area contributed by atoms with E-state index in [4.69, 9.17) is 0 Å². The monoisotopic (exact) mass is 331 g/mol. The smallest absolute Gasteiger partial charge is 2.00 e. The Kier molecular flexibility index (Phi) is 5740. The molecule has 0 spiro atoms. The van der Waals surface area contributed by atoms with Crippen LogP contribution in [0.25, 0.3) is 0 Å². The topological polar surface area (TPSA) is 114 Å². The van der Waals surface area contributed by atoms with Gasteiger partial charge in [-0.25, -0.2) is 0 Å². The molecule has 0 aromatic rings. The Morgan fingerprint density at radius 1 is 0.500 bits per heavy atom. The van der Waals surface area contributed by atoms with Crippen LogP contribution in [0.4, 0.5) is 0 Å². The summed E-state index contributed by atoms with van der Waals surface area (Å²) < 4.78 is 0. The first-order valence-corrected chi connectivity index (χ1v) is 0. The van der Waals surface area contributed by atoms with Crippen molar-refractivity contribution in [3.05, 3.63) is 0 Å². The fraction of sp³-hybridized carbons (Fsp3) is 0. The first-order valence-electron chi connectivity index (χ1n) is 0. The Morgan fingerprint density at radius 2 is 0.500 bits per heavy atom. The second-order valence-electron chi connectivity index (χ2n) is 0. The summed E-state index contributed by atoms with van der Waals surface area (Å²) >= 11 is 0. The standard InChI is InChI=1S/Ge.Ir.4O/q2*+4;4*-2. The molecular formula is GeIrO4. The molecule has 6 heavy (non-hydrogen) atoms. The van der Waals surface area contributed by atoms with E-state index in [1.165, 1.54) is 0 Å². The van der Waals surface area contributed by atoms with Gasteiger partial charge in [-0.05, 0) is 0 Å². The zero-order valence-corrected chi connectivity index (χ0v) is 6.96. The Labute approximate surface area is 59.9 Å². The third-order valence-corrected chi connectivity index (χ3v) is 0. The first kappa shape index (κ1) is 240. The molecule has 0 aromatic heterocycles. The molecule has 4 nitrogen and oxygen atoms in total. The molecule has 0 aromatic carbocycles. The summed E-state index contributed by atoms with van der Waals surface area (Å²) in [7, 11) is 0. The molecule has 0 unspecified atom stereocenters. The summed E-state index contributed by atoms with van der Waals surface area (Å²) in [5.41, 5.74) is 0. The molecule has 0 saturated carbocycles. The molecule has 37 valence electrons. The van der Waals surface area contributed by atoms with Crippen LogP contribution in [0.15, 0.2) is 0 Å². The maximum absolute atomic E-state index is 0. The van der Waals surface area contributed by atoms with E-state index < -0.39 is 0 Å². The molecule has 6 heteroatoms. The van der Waals surface area contributed by atoms with E-state index in [9.17, 15) is 0 Å². The van der Waals surface area contributed by atoms with E-state index >= 15 is 0 Å². The number of rotatable bonds is 0. The van der Waals surface area contributed by atoms with Crippen LogP contribution in [-0.2, 0) is 42.0 Å². The zero-order valence-electron chi connectivity index (χ0n) is 2.47. The molecule has 0 saturated heterocycles. The van der Waals surface area contributed by atoms with Gasteiger partial charge in [-0.15, -0.1) is 0 Å².